The first-order valence-corrected chi connectivity index (χ1v) is 4.24. The van der Waals surface area contributed by atoms with Crippen LogP contribution < -0.4 is 5.32 Å². The van der Waals surface area contributed by atoms with Gasteiger partial charge in [-0.15, -0.1) is 0 Å². The van der Waals surface area contributed by atoms with Crippen LogP contribution in [0.2, 0.25) is 0 Å². The first-order valence-electron chi connectivity index (χ1n) is 4.24. The van der Waals surface area contributed by atoms with Crippen molar-refractivity contribution in [2.45, 2.75) is 25.1 Å². The standard InChI is InChI=1S/C8H16F3NO2/c1-7(6-13,3-4-14-2)12-5-8(9,10)11/h12-13H,3-6H2,1-2H3. The fraction of sp³-hybridized carbons (Fsp3) is 1.00. The lowest BCUT2D eigenvalue weighted by Gasteiger charge is -2.29. The number of aliphatic hydroxyl groups is 1. The fourth-order valence-corrected chi connectivity index (χ4v) is 0.864. The second kappa shape index (κ2) is 5.53. The Bertz CT molecular complexity index is 163. The highest BCUT2D eigenvalue weighted by atomic mass is 19.4. The molecule has 0 heterocycles. The Morgan fingerprint density at radius 1 is 1.36 bits per heavy atom. The van der Waals surface area contributed by atoms with E-state index < -0.39 is 18.3 Å². The van der Waals surface area contributed by atoms with Gasteiger partial charge >= 0.3 is 6.18 Å². The number of ether oxygens (including phenoxy) is 1. The Balaban J connectivity index is 3.98. The predicted molar refractivity (Wildman–Crippen MR) is 46.0 cm³/mol. The van der Waals surface area contributed by atoms with Crippen molar-refractivity contribution in [1.29, 1.82) is 0 Å². The third-order valence-electron chi connectivity index (χ3n) is 1.92. The van der Waals surface area contributed by atoms with Gasteiger partial charge in [0.15, 0.2) is 0 Å². The maximum atomic E-state index is 11.9. The van der Waals surface area contributed by atoms with Gasteiger partial charge in [-0.25, -0.2) is 0 Å². The van der Waals surface area contributed by atoms with E-state index in [-0.39, 0.29) is 6.61 Å². The van der Waals surface area contributed by atoms with Crippen LogP contribution in [0.4, 0.5) is 13.2 Å². The Hall–Kier alpha value is -0.330. The zero-order valence-electron chi connectivity index (χ0n) is 8.32. The van der Waals surface area contributed by atoms with Gasteiger partial charge in [0, 0.05) is 19.3 Å². The molecular weight excluding hydrogens is 199 g/mol. The van der Waals surface area contributed by atoms with Crippen LogP contribution in [0, 0.1) is 0 Å². The largest absolute Gasteiger partial charge is 0.401 e. The first-order chi connectivity index (χ1) is 6.33. The topological polar surface area (TPSA) is 41.5 Å². The molecule has 0 saturated carbocycles. The second-order valence-electron chi connectivity index (χ2n) is 3.43. The predicted octanol–water partition coefficient (Wildman–Crippen LogP) is 0.926. The van der Waals surface area contributed by atoms with E-state index in [1.165, 1.54) is 14.0 Å². The molecule has 0 aliphatic heterocycles. The van der Waals surface area contributed by atoms with Crippen molar-refractivity contribution in [2.75, 3.05) is 26.9 Å². The van der Waals surface area contributed by atoms with Gasteiger partial charge in [-0.2, -0.15) is 13.2 Å². The normalized spacial score (nSPS) is 16.7. The lowest BCUT2D eigenvalue weighted by Crippen LogP contribution is -2.50. The summed E-state index contributed by atoms with van der Waals surface area (Å²) in [6.45, 7) is 0.375. The van der Waals surface area contributed by atoms with Crippen LogP contribution in [-0.2, 0) is 4.74 Å². The number of aliphatic hydroxyl groups excluding tert-OH is 1. The molecule has 0 aliphatic rings. The van der Waals surface area contributed by atoms with Gasteiger partial charge in [0.05, 0.1) is 13.2 Å². The van der Waals surface area contributed by atoms with E-state index in [2.05, 4.69) is 5.32 Å². The first kappa shape index (κ1) is 13.7. The van der Waals surface area contributed by atoms with Crippen LogP contribution in [-0.4, -0.2) is 43.7 Å². The Labute approximate surface area is 81.2 Å². The maximum Gasteiger partial charge on any atom is 0.401 e. The van der Waals surface area contributed by atoms with Crippen LogP contribution in [0.3, 0.4) is 0 Å². The number of halogens is 3. The Kier molecular flexibility index (Phi) is 5.40. The molecule has 6 heteroatoms. The second-order valence-corrected chi connectivity index (χ2v) is 3.43. The molecule has 0 bridgehead atoms. The zero-order valence-corrected chi connectivity index (χ0v) is 8.32. The van der Waals surface area contributed by atoms with E-state index in [0.29, 0.717) is 13.0 Å². The number of hydrogen-bond acceptors (Lipinski definition) is 3. The zero-order chi connectivity index (χ0) is 11.2. The van der Waals surface area contributed by atoms with Crippen molar-refractivity contribution in [3.63, 3.8) is 0 Å². The summed E-state index contributed by atoms with van der Waals surface area (Å²) in [6, 6.07) is 0. The Morgan fingerprint density at radius 3 is 2.29 bits per heavy atom. The SMILES string of the molecule is COCCC(C)(CO)NCC(F)(F)F. The van der Waals surface area contributed by atoms with Crippen LogP contribution >= 0.6 is 0 Å². The molecule has 0 aromatic heterocycles. The number of methoxy groups -OCH3 is 1. The molecule has 3 nitrogen and oxygen atoms in total. The minimum absolute atomic E-state index is 0.307. The van der Waals surface area contributed by atoms with Crippen molar-refractivity contribution in [3.8, 4) is 0 Å². The molecule has 0 saturated heterocycles. The van der Waals surface area contributed by atoms with E-state index >= 15 is 0 Å². The lowest BCUT2D eigenvalue weighted by molar-refractivity contribution is -0.130. The van der Waals surface area contributed by atoms with E-state index in [1.807, 2.05) is 0 Å². The highest BCUT2D eigenvalue weighted by Crippen LogP contribution is 2.16. The molecule has 14 heavy (non-hydrogen) atoms. The summed E-state index contributed by atoms with van der Waals surface area (Å²) in [5.41, 5.74) is -0.939. The third kappa shape index (κ3) is 6.17. The highest BCUT2D eigenvalue weighted by Gasteiger charge is 2.32. The van der Waals surface area contributed by atoms with Gasteiger partial charge in [0.2, 0.25) is 0 Å². The maximum absolute atomic E-state index is 11.9. The van der Waals surface area contributed by atoms with Gasteiger partial charge in [-0.05, 0) is 13.3 Å². The summed E-state index contributed by atoms with van der Waals surface area (Å²) in [6.07, 6.45) is -3.93. The van der Waals surface area contributed by atoms with Crippen molar-refractivity contribution in [2.24, 2.45) is 0 Å². The minimum atomic E-state index is -4.26. The van der Waals surface area contributed by atoms with E-state index in [1.54, 1.807) is 0 Å². The number of hydrogen-bond donors (Lipinski definition) is 2. The van der Waals surface area contributed by atoms with Crippen molar-refractivity contribution in [1.82, 2.24) is 5.32 Å². The van der Waals surface area contributed by atoms with Crippen molar-refractivity contribution in [3.05, 3.63) is 0 Å². The van der Waals surface area contributed by atoms with Crippen LogP contribution in [0.1, 0.15) is 13.3 Å². The molecule has 0 aromatic rings. The average molecular weight is 215 g/mol. The summed E-state index contributed by atoms with van der Waals surface area (Å²) >= 11 is 0. The summed E-state index contributed by atoms with van der Waals surface area (Å²) < 4.78 is 40.3. The molecular formula is C8H16F3NO2. The molecule has 1 atom stereocenters. The van der Waals surface area contributed by atoms with E-state index in [0.717, 1.165) is 0 Å². The molecule has 0 aliphatic carbocycles. The molecule has 0 fully saturated rings. The van der Waals surface area contributed by atoms with Crippen LogP contribution in [0.15, 0.2) is 0 Å². The molecule has 2 N–H and O–H groups in total. The quantitative estimate of drug-likeness (QED) is 0.692. The Morgan fingerprint density at radius 2 is 1.93 bits per heavy atom. The average Bonchev–Trinajstić information content (AvgIpc) is 2.10. The molecule has 1 unspecified atom stereocenters. The lowest BCUT2D eigenvalue weighted by atomic mass is 9.99. The van der Waals surface area contributed by atoms with Gasteiger partial charge in [0.1, 0.15) is 0 Å². The molecule has 0 aromatic carbocycles. The number of rotatable bonds is 6. The molecule has 0 amide bonds. The van der Waals surface area contributed by atoms with Gasteiger partial charge in [-0.1, -0.05) is 0 Å². The molecule has 0 spiro atoms. The monoisotopic (exact) mass is 215 g/mol. The van der Waals surface area contributed by atoms with Crippen LogP contribution in [0.25, 0.3) is 0 Å². The van der Waals surface area contributed by atoms with Gasteiger partial charge in [0.25, 0.3) is 0 Å². The molecule has 0 radical (unpaired) electrons. The smallest absolute Gasteiger partial charge is 0.394 e. The summed E-state index contributed by atoms with van der Waals surface area (Å²) in [5.74, 6) is 0. The molecule has 86 valence electrons. The highest BCUT2D eigenvalue weighted by molar-refractivity contribution is 4.83. The van der Waals surface area contributed by atoms with E-state index in [4.69, 9.17) is 9.84 Å². The third-order valence-corrected chi connectivity index (χ3v) is 1.92. The fourth-order valence-electron chi connectivity index (χ4n) is 0.864. The van der Waals surface area contributed by atoms with Gasteiger partial charge in [-0.3, -0.25) is 0 Å². The summed E-state index contributed by atoms with van der Waals surface area (Å²) in [4.78, 5) is 0. The summed E-state index contributed by atoms with van der Waals surface area (Å²) in [7, 11) is 1.46. The van der Waals surface area contributed by atoms with Crippen molar-refractivity contribution < 1.29 is 23.0 Å². The van der Waals surface area contributed by atoms with Crippen molar-refractivity contribution >= 4 is 0 Å². The molecule has 0 rings (SSSR count). The van der Waals surface area contributed by atoms with Gasteiger partial charge < -0.3 is 15.2 Å². The minimum Gasteiger partial charge on any atom is -0.394 e. The summed E-state index contributed by atoms with van der Waals surface area (Å²) in [5, 5.41) is 11.2. The van der Waals surface area contributed by atoms with Crippen LogP contribution in [0.5, 0.6) is 0 Å². The number of alkyl halides is 3. The van der Waals surface area contributed by atoms with E-state index in [9.17, 15) is 13.2 Å². The number of nitrogens with one attached hydrogen (secondary N) is 1.